The summed E-state index contributed by atoms with van der Waals surface area (Å²) >= 11 is 0. The summed E-state index contributed by atoms with van der Waals surface area (Å²) in [6.45, 7) is 1.44. The van der Waals surface area contributed by atoms with Crippen molar-refractivity contribution in [3.63, 3.8) is 0 Å². The molecule has 2 aromatic heterocycles. The Bertz CT molecular complexity index is 1120. The van der Waals surface area contributed by atoms with Crippen molar-refractivity contribution in [2.75, 3.05) is 24.3 Å². The number of benzene rings is 1. The summed E-state index contributed by atoms with van der Waals surface area (Å²) in [6.07, 6.45) is 2.44. The molecule has 160 valence electrons. The maximum atomic E-state index is 11.8. The van der Waals surface area contributed by atoms with Gasteiger partial charge in [0.2, 0.25) is 5.95 Å². The highest BCUT2D eigenvalue weighted by Gasteiger charge is 2.18. The Morgan fingerprint density at radius 2 is 2.13 bits per heavy atom. The van der Waals surface area contributed by atoms with Crippen LogP contribution in [0.25, 0.3) is 0 Å². The Morgan fingerprint density at radius 1 is 1.26 bits per heavy atom. The molecular formula is C20H22N8O3. The molecule has 11 nitrogen and oxygen atoms in total. The van der Waals surface area contributed by atoms with Crippen molar-refractivity contribution in [3.8, 4) is 5.75 Å². The van der Waals surface area contributed by atoms with Gasteiger partial charge in [0.05, 0.1) is 19.4 Å². The van der Waals surface area contributed by atoms with E-state index in [-0.39, 0.29) is 24.1 Å². The number of hydrogen-bond acceptors (Lipinski definition) is 10. The number of hydrogen-bond donors (Lipinski definition) is 5. The van der Waals surface area contributed by atoms with Crippen LogP contribution in [-0.4, -0.2) is 44.8 Å². The van der Waals surface area contributed by atoms with Gasteiger partial charge in [-0.2, -0.15) is 4.98 Å². The zero-order chi connectivity index (χ0) is 21.8. The maximum Gasteiger partial charge on any atom is 0.273 e. The first-order valence-electron chi connectivity index (χ1n) is 9.63. The van der Waals surface area contributed by atoms with E-state index in [1.807, 2.05) is 12.1 Å². The predicted molar refractivity (Wildman–Crippen MR) is 113 cm³/mol. The van der Waals surface area contributed by atoms with Gasteiger partial charge in [0.25, 0.3) is 5.91 Å². The molecule has 6 N–H and O–H groups in total. The Labute approximate surface area is 178 Å². The lowest BCUT2D eigenvalue weighted by Gasteiger charge is -2.20. The maximum absolute atomic E-state index is 11.8. The van der Waals surface area contributed by atoms with Crippen LogP contribution in [0.3, 0.4) is 0 Å². The summed E-state index contributed by atoms with van der Waals surface area (Å²) in [6, 6.07) is 7.35. The number of fused-ring (bicyclic) bond motifs is 1. The SMILES string of the molecule is COc1cc2c(cc1Nc1nnc(C(N)=O)c(Nc3ncccc3CO)n1)CCNC2. The Balaban J connectivity index is 1.69. The lowest BCUT2D eigenvalue weighted by molar-refractivity contribution is 0.0995. The smallest absolute Gasteiger partial charge is 0.273 e. The minimum Gasteiger partial charge on any atom is -0.495 e. The van der Waals surface area contributed by atoms with Gasteiger partial charge in [0.1, 0.15) is 11.6 Å². The number of aliphatic hydroxyl groups excluding tert-OH is 1. The van der Waals surface area contributed by atoms with Gasteiger partial charge in [-0.3, -0.25) is 4.79 Å². The fourth-order valence-corrected chi connectivity index (χ4v) is 3.32. The van der Waals surface area contributed by atoms with Crippen molar-refractivity contribution in [2.24, 2.45) is 5.73 Å². The van der Waals surface area contributed by atoms with E-state index in [2.05, 4.69) is 36.1 Å². The van der Waals surface area contributed by atoms with E-state index in [9.17, 15) is 9.90 Å². The number of pyridine rings is 1. The lowest BCUT2D eigenvalue weighted by atomic mass is 10.00. The van der Waals surface area contributed by atoms with Gasteiger partial charge in [0, 0.05) is 18.3 Å². The van der Waals surface area contributed by atoms with Crippen molar-refractivity contribution < 1.29 is 14.6 Å². The molecule has 0 unspecified atom stereocenters. The number of nitrogens with zero attached hydrogens (tertiary/aromatic N) is 4. The van der Waals surface area contributed by atoms with Crippen molar-refractivity contribution in [1.29, 1.82) is 0 Å². The third kappa shape index (κ3) is 4.37. The first-order chi connectivity index (χ1) is 15.1. The molecule has 11 heteroatoms. The molecule has 0 saturated heterocycles. The fourth-order valence-electron chi connectivity index (χ4n) is 3.32. The second-order valence-electron chi connectivity index (χ2n) is 6.86. The molecule has 0 radical (unpaired) electrons. The van der Waals surface area contributed by atoms with E-state index in [0.717, 1.165) is 19.5 Å². The summed E-state index contributed by atoms with van der Waals surface area (Å²) in [5.41, 5.74) is 8.85. The zero-order valence-electron chi connectivity index (χ0n) is 16.8. The third-order valence-electron chi connectivity index (χ3n) is 4.87. The van der Waals surface area contributed by atoms with Gasteiger partial charge in [-0.05, 0) is 42.3 Å². The number of nitrogens with one attached hydrogen (secondary N) is 3. The molecule has 1 amide bonds. The summed E-state index contributed by atoms with van der Waals surface area (Å²) in [4.78, 5) is 20.4. The summed E-state index contributed by atoms with van der Waals surface area (Å²) < 4.78 is 5.51. The fraction of sp³-hybridized carbons (Fsp3) is 0.250. The standard InChI is InChI=1S/C20H22N8O3/c1-31-15-8-13-9-22-6-4-11(13)7-14(15)24-20-26-19(16(17(21)30)27-28-20)25-18-12(10-29)3-2-5-23-18/h2-3,5,7-8,22,29H,4,6,9-10H2,1H3,(H2,21,30)(H2,23,24,25,26,28). The molecule has 0 fully saturated rings. The van der Waals surface area contributed by atoms with Crippen molar-refractivity contribution in [3.05, 3.63) is 52.8 Å². The Kier molecular flexibility index (Phi) is 5.87. The molecule has 3 aromatic rings. The van der Waals surface area contributed by atoms with Crippen LogP contribution in [0.4, 0.5) is 23.3 Å². The third-order valence-corrected chi connectivity index (χ3v) is 4.87. The van der Waals surface area contributed by atoms with E-state index < -0.39 is 5.91 Å². The highest BCUT2D eigenvalue weighted by Crippen LogP contribution is 2.32. The zero-order valence-corrected chi connectivity index (χ0v) is 16.8. The second kappa shape index (κ2) is 8.90. The molecule has 0 spiro atoms. The topological polar surface area (TPSA) is 160 Å². The molecule has 4 rings (SSSR count). The number of amides is 1. The molecule has 3 heterocycles. The van der Waals surface area contributed by atoms with E-state index in [0.29, 0.717) is 22.8 Å². The van der Waals surface area contributed by atoms with Gasteiger partial charge in [-0.25, -0.2) is 4.98 Å². The van der Waals surface area contributed by atoms with Gasteiger partial charge < -0.3 is 31.5 Å². The monoisotopic (exact) mass is 422 g/mol. The number of methoxy groups -OCH3 is 1. The van der Waals surface area contributed by atoms with Crippen molar-refractivity contribution >= 4 is 29.2 Å². The molecule has 1 aliphatic heterocycles. The Hall–Kier alpha value is -3.83. The molecular weight excluding hydrogens is 400 g/mol. The van der Waals surface area contributed by atoms with E-state index >= 15 is 0 Å². The second-order valence-corrected chi connectivity index (χ2v) is 6.86. The highest BCUT2D eigenvalue weighted by atomic mass is 16.5. The van der Waals surface area contributed by atoms with E-state index in [4.69, 9.17) is 10.5 Å². The first kappa shape index (κ1) is 20.4. The van der Waals surface area contributed by atoms with Crippen LogP contribution in [0.1, 0.15) is 27.2 Å². The Morgan fingerprint density at radius 3 is 2.90 bits per heavy atom. The molecule has 0 atom stereocenters. The number of rotatable bonds is 7. The van der Waals surface area contributed by atoms with Crippen LogP contribution in [0.5, 0.6) is 5.75 Å². The van der Waals surface area contributed by atoms with Crippen molar-refractivity contribution in [1.82, 2.24) is 25.5 Å². The average molecular weight is 422 g/mol. The molecule has 0 aliphatic carbocycles. The van der Waals surface area contributed by atoms with Crippen molar-refractivity contribution in [2.45, 2.75) is 19.6 Å². The van der Waals surface area contributed by atoms with Crippen LogP contribution < -0.4 is 26.4 Å². The van der Waals surface area contributed by atoms with Crippen LogP contribution >= 0.6 is 0 Å². The number of anilines is 4. The largest absolute Gasteiger partial charge is 0.495 e. The number of aliphatic hydroxyl groups is 1. The molecule has 1 aromatic carbocycles. The van der Waals surface area contributed by atoms with Crippen LogP contribution in [0.15, 0.2) is 30.5 Å². The van der Waals surface area contributed by atoms with Gasteiger partial charge in [-0.15, -0.1) is 10.2 Å². The number of aromatic nitrogens is 4. The lowest BCUT2D eigenvalue weighted by Crippen LogP contribution is -2.23. The number of ether oxygens (including phenoxy) is 1. The van der Waals surface area contributed by atoms with Gasteiger partial charge >= 0.3 is 0 Å². The predicted octanol–water partition coefficient (Wildman–Crippen LogP) is 0.999. The van der Waals surface area contributed by atoms with Crippen LogP contribution in [0, 0.1) is 0 Å². The molecule has 1 aliphatic rings. The summed E-state index contributed by atoms with van der Waals surface area (Å²) in [5.74, 6) is 0.375. The van der Waals surface area contributed by atoms with Crippen LogP contribution in [-0.2, 0) is 19.6 Å². The van der Waals surface area contributed by atoms with Gasteiger partial charge in [0.15, 0.2) is 11.5 Å². The van der Waals surface area contributed by atoms with E-state index in [1.54, 1.807) is 25.4 Å². The highest BCUT2D eigenvalue weighted by molar-refractivity contribution is 5.96. The minimum atomic E-state index is -0.797. The molecule has 0 bridgehead atoms. The number of nitrogens with two attached hydrogens (primary N) is 1. The minimum absolute atomic E-state index is 0.0690. The normalized spacial score (nSPS) is 12.7. The number of carbonyl (C=O) groups excluding carboxylic acids is 1. The van der Waals surface area contributed by atoms with E-state index in [1.165, 1.54) is 11.1 Å². The number of carbonyl (C=O) groups is 1. The average Bonchev–Trinajstić information content (AvgIpc) is 2.79. The van der Waals surface area contributed by atoms with Crippen LogP contribution in [0.2, 0.25) is 0 Å². The van der Waals surface area contributed by atoms with Gasteiger partial charge in [-0.1, -0.05) is 6.07 Å². The molecule has 31 heavy (non-hydrogen) atoms. The summed E-state index contributed by atoms with van der Waals surface area (Å²) in [7, 11) is 1.59. The first-order valence-corrected chi connectivity index (χ1v) is 9.63. The summed E-state index contributed by atoms with van der Waals surface area (Å²) in [5, 5.41) is 26.8. The quantitative estimate of drug-likeness (QED) is 0.371. The number of primary amides is 1. The molecule has 0 saturated carbocycles.